The summed E-state index contributed by atoms with van der Waals surface area (Å²) < 4.78 is 29.2. The van der Waals surface area contributed by atoms with Crippen LogP contribution in [0, 0.1) is 0 Å². The van der Waals surface area contributed by atoms with E-state index in [-0.39, 0.29) is 5.75 Å². The van der Waals surface area contributed by atoms with Crippen LogP contribution in [-0.2, 0) is 15.9 Å². The quantitative estimate of drug-likeness (QED) is 0.635. The Morgan fingerprint density at radius 2 is 1.53 bits per heavy atom. The zero-order chi connectivity index (χ0) is 11.7. The van der Waals surface area contributed by atoms with Crippen molar-refractivity contribution in [2.24, 2.45) is 11.5 Å². The Balaban J connectivity index is 0.000000423. The summed E-state index contributed by atoms with van der Waals surface area (Å²) in [6.45, 7) is 1.19. The van der Waals surface area contributed by atoms with E-state index in [1.165, 1.54) is 0 Å². The standard InChI is InChI=1S/C7H8O3S.C2H8N2/c8-11(9,10)6-7-4-2-1-3-5-7;3-1-2-4/h1-5H,6H2,(H,8,9,10);1-4H2. The van der Waals surface area contributed by atoms with Gasteiger partial charge in [-0.3, -0.25) is 4.55 Å². The molecule has 0 aliphatic heterocycles. The van der Waals surface area contributed by atoms with Crippen molar-refractivity contribution in [2.75, 3.05) is 13.1 Å². The Kier molecular flexibility index (Phi) is 6.89. The predicted octanol–water partition coefficient (Wildman–Crippen LogP) is -0.0218. The summed E-state index contributed by atoms with van der Waals surface area (Å²) >= 11 is 0. The zero-order valence-corrected chi connectivity index (χ0v) is 9.15. The van der Waals surface area contributed by atoms with Crippen LogP contribution in [0.15, 0.2) is 30.3 Å². The third-order valence-corrected chi connectivity index (χ3v) is 2.06. The monoisotopic (exact) mass is 232 g/mol. The summed E-state index contributed by atoms with van der Waals surface area (Å²) in [4.78, 5) is 0. The van der Waals surface area contributed by atoms with Gasteiger partial charge in [-0.15, -0.1) is 0 Å². The lowest BCUT2D eigenvalue weighted by Crippen LogP contribution is -2.11. The van der Waals surface area contributed by atoms with Gasteiger partial charge in [0.15, 0.2) is 0 Å². The van der Waals surface area contributed by atoms with Gasteiger partial charge in [-0.25, -0.2) is 0 Å². The Hall–Kier alpha value is -0.950. The van der Waals surface area contributed by atoms with Gasteiger partial charge in [-0.2, -0.15) is 8.42 Å². The highest BCUT2D eigenvalue weighted by Gasteiger charge is 2.04. The lowest BCUT2D eigenvalue weighted by Gasteiger charge is -1.95. The molecule has 0 saturated carbocycles. The maximum absolute atomic E-state index is 10.4. The Morgan fingerprint density at radius 3 is 1.87 bits per heavy atom. The third-order valence-electron chi connectivity index (χ3n) is 1.36. The van der Waals surface area contributed by atoms with Gasteiger partial charge >= 0.3 is 0 Å². The van der Waals surface area contributed by atoms with E-state index in [9.17, 15) is 8.42 Å². The molecule has 5 N–H and O–H groups in total. The second-order valence-electron chi connectivity index (χ2n) is 2.79. The van der Waals surface area contributed by atoms with Gasteiger partial charge in [0.1, 0.15) is 5.75 Å². The van der Waals surface area contributed by atoms with Crippen LogP contribution in [-0.4, -0.2) is 26.1 Å². The molecule has 5 nitrogen and oxygen atoms in total. The lowest BCUT2D eigenvalue weighted by atomic mass is 10.2. The third kappa shape index (κ3) is 9.36. The molecule has 0 unspecified atom stereocenters. The molecule has 0 bridgehead atoms. The molecule has 0 spiro atoms. The summed E-state index contributed by atoms with van der Waals surface area (Å²) in [7, 11) is -3.88. The van der Waals surface area contributed by atoms with Crippen LogP contribution >= 0.6 is 0 Å². The Bertz CT molecular complexity index is 349. The molecule has 0 atom stereocenters. The summed E-state index contributed by atoms with van der Waals surface area (Å²) in [6.07, 6.45) is 0. The minimum atomic E-state index is -3.88. The van der Waals surface area contributed by atoms with Crippen molar-refractivity contribution in [2.45, 2.75) is 5.75 Å². The number of hydrogen-bond donors (Lipinski definition) is 3. The zero-order valence-electron chi connectivity index (χ0n) is 8.33. The van der Waals surface area contributed by atoms with Crippen LogP contribution in [0.5, 0.6) is 0 Å². The van der Waals surface area contributed by atoms with Gasteiger partial charge in [0, 0.05) is 13.1 Å². The van der Waals surface area contributed by atoms with Crippen LogP contribution in [0.1, 0.15) is 5.56 Å². The minimum Gasteiger partial charge on any atom is -0.329 e. The molecular formula is C9H16N2O3S. The molecule has 1 aromatic carbocycles. The predicted molar refractivity (Wildman–Crippen MR) is 59.8 cm³/mol. The van der Waals surface area contributed by atoms with Crippen molar-refractivity contribution in [3.8, 4) is 0 Å². The molecule has 15 heavy (non-hydrogen) atoms. The first-order chi connectivity index (χ1) is 6.99. The van der Waals surface area contributed by atoms with E-state index in [1.807, 2.05) is 0 Å². The molecule has 0 saturated heterocycles. The summed E-state index contributed by atoms with van der Waals surface area (Å²) in [5.74, 6) is -0.312. The normalized spacial score (nSPS) is 10.3. The van der Waals surface area contributed by atoms with Crippen molar-refractivity contribution in [1.82, 2.24) is 0 Å². The fourth-order valence-corrected chi connectivity index (χ4v) is 1.40. The molecule has 86 valence electrons. The highest BCUT2D eigenvalue weighted by atomic mass is 32.2. The van der Waals surface area contributed by atoms with Crippen LogP contribution in [0.3, 0.4) is 0 Å². The molecule has 1 aromatic rings. The molecule has 0 fully saturated rings. The van der Waals surface area contributed by atoms with Gasteiger partial charge in [0.25, 0.3) is 10.1 Å². The van der Waals surface area contributed by atoms with Gasteiger partial charge < -0.3 is 11.5 Å². The van der Waals surface area contributed by atoms with Crippen molar-refractivity contribution in [3.63, 3.8) is 0 Å². The van der Waals surface area contributed by atoms with Crippen LogP contribution in [0.2, 0.25) is 0 Å². The summed E-state index contributed by atoms with van der Waals surface area (Å²) in [6, 6.07) is 8.52. The second kappa shape index (κ2) is 7.36. The van der Waals surface area contributed by atoms with Crippen molar-refractivity contribution >= 4 is 10.1 Å². The average molecular weight is 232 g/mol. The number of hydrogen-bond acceptors (Lipinski definition) is 4. The van der Waals surface area contributed by atoms with Gasteiger partial charge in [0.2, 0.25) is 0 Å². The molecule has 0 amide bonds. The molecule has 0 heterocycles. The van der Waals surface area contributed by atoms with Crippen LogP contribution in [0.25, 0.3) is 0 Å². The first kappa shape index (κ1) is 14.1. The maximum atomic E-state index is 10.4. The van der Waals surface area contributed by atoms with E-state index in [0.717, 1.165) is 0 Å². The molecule has 0 aliphatic carbocycles. The van der Waals surface area contributed by atoms with Crippen LogP contribution < -0.4 is 11.5 Å². The average Bonchev–Trinajstić information content (AvgIpc) is 2.17. The minimum absolute atomic E-state index is 0.312. The van der Waals surface area contributed by atoms with E-state index < -0.39 is 10.1 Å². The Labute approximate surface area is 89.8 Å². The van der Waals surface area contributed by atoms with Crippen molar-refractivity contribution in [3.05, 3.63) is 35.9 Å². The van der Waals surface area contributed by atoms with E-state index in [1.54, 1.807) is 30.3 Å². The lowest BCUT2D eigenvalue weighted by molar-refractivity contribution is 0.482. The number of nitrogens with two attached hydrogens (primary N) is 2. The van der Waals surface area contributed by atoms with E-state index >= 15 is 0 Å². The number of rotatable bonds is 3. The van der Waals surface area contributed by atoms with Crippen molar-refractivity contribution in [1.29, 1.82) is 0 Å². The van der Waals surface area contributed by atoms with Gasteiger partial charge in [-0.1, -0.05) is 30.3 Å². The van der Waals surface area contributed by atoms with Crippen LogP contribution in [0.4, 0.5) is 0 Å². The summed E-state index contributed by atoms with van der Waals surface area (Å²) in [5.41, 5.74) is 10.4. The fourth-order valence-electron chi connectivity index (χ4n) is 0.785. The van der Waals surface area contributed by atoms with Gasteiger partial charge in [0.05, 0.1) is 0 Å². The fraction of sp³-hybridized carbons (Fsp3) is 0.333. The highest BCUT2D eigenvalue weighted by Crippen LogP contribution is 2.02. The van der Waals surface area contributed by atoms with E-state index in [4.69, 9.17) is 16.0 Å². The van der Waals surface area contributed by atoms with Crippen molar-refractivity contribution < 1.29 is 13.0 Å². The molecule has 0 aromatic heterocycles. The molecule has 0 radical (unpaired) electrons. The summed E-state index contributed by atoms with van der Waals surface area (Å²) in [5, 5.41) is 0. The first-order valence-corrected chi connectivity index (χ1v) is 5.99. The maximum Gasteiger partial charge on any atom is 0.269 e. The second-order valence-corrected chi connectivity index (χ2v) is 4.24. The Morgan fingerprint density at radius 1 is 1.07 bits per heavy atom. The largest absolute Gasteiger partial charge is 0.329 e. The molecule has 1 rings (SSSR count). The number of benzene rings is 1. The van der Waals surface area contributed by atoms with E-state index in [0.29, 0.717) is 18.7 Å². The van der Waals surface area contributed by atoms with Gasteiger partial charge in [-0.05, 0) is 5.56 Å². The molecule has 6 heteroatoms. The molecular weight excluding hydrogens is 216 g/mol. The highest BCUT2D eigenvalue weighted by molar-refractivity contribution is 7.85. The van der Waals surface area contributed by atoms with E-state index in [2.05, 4.69) is 0 Å². The topological polar surface area (TPSA) is 106 Å². The first-order valence-electron chi connectivity index (χ1n) is 4.39. The SMILES string of the molecule is NCCN.O=S(=O)(O)Cc1ccccc1. The smallest absolute Gasteiger partial charge is 0.269 e. The molecule has 0 aliphatic rings.